The van der Waals surface area contributed by atoms with E-state index in [1.807, 2.05) is 0 Å². The lowest BCUT2D eigenvalue weighted by Crippen LogP contribution is -2.50. The van der Waals surface area contributed by atoms with Gasteiger partial charge in [0.25, 0.3) is 0 Å². The zero-order chi connectivity index (χ0) is 9.64. The van der Waals surface area contributed by atoms with Crippen LogP contribution in [0.5, 0.6) is 0 Å². The molecule has 2 aliphatic rings. The Kier molecular flexibility index (Phi) is 2.08. The van der Waals surface area contributed by atoms with Gasteiger partial charge in [-0.2, -0.15) is 0 Å². The highest BCUT2D eigenvalue weighted by atomic mass is 16.7. The van der Waals surface area contributed by atoms with Crippen LogP contribution in [0.15, 0.2) is 0 Å². The van der Waals surface area contributed by atoms with Crippen molar-refractivity contribution in [1.82, 2.24) is 0 Å². The number of rotatable bonds is 0. The Morgan fingerprint density at radius 1 is 1.46 bits per heavy atom. The lowest BCUT2D eigenvalue weighted by molar-refractivity contribution is -0.300. The molecule has 0 aromatic carbocycles. The first-order chi connectivity index (χ1) is 5.99. The van der Waals surface area contributed by atoms with E-state index in [9.17, 15) is 5.11 Å². The van der Waals surface area contributed by atoms with Crippen LogP contribution in [-0.2, 0) is 14.2 Å². The van der Waals surface area contributed by atoms with Gasteiger partial charge in [0.1, 0.15) is 24.5 Å². The molecule has 13 heavy (non-hydrogen) atoms. The van der Waals surface area contributed by atoms with E-state index in [0.29, 0.717) is 6.61 Å². The third kappa shape index (κ3) is 1.58. The van der Waals surface area contributed by atoms with Crippen molar-refractivity contribution < 1.29 is 19.3 Å². The van der Waals surface area contributed by atoms with Crippen LogP contribution >= 0.6 is 0 Å². The topological polar surface area (TPSA) is 73.9 Å². The van der Waals surface area contributed by atoms with Gasteiger partial charge in [-0.15, -0.1) is 0 Å². The van der Waals surface area contributed by atoms with Gasteiger partial charge in [0.05, 0.1) is 6.61 Å². The first-order valence-corrected chi connectivity index (χ1v) is 4.40. The molecular weight excluding hydrogens is 174 g/mol. The van der Waals surface area contributed by atoms with Crippen molar-refractivity contribution in [3.63, 3.8) is 0 Å². The number of aliphatic hydroxyl groups excluding tert-OH is 1. The summed E-state index contributed by atoms with van der Waals surface area (Å²) < 4.78 is 16.1. The minimum absolute atomic E-state index is 0.238. The average Bonchev–Trinajstić information content (AvgIpc) is 2.29. The van der Waals surface area contributed by atoms with Gasteiger partial charge in [-0.1, -0.05) is 0 Å². The molecule has 0 aromatic rings. The molecule has 0 radical (unpaired) electrons. The van der Waals surface area contributed by atoms with Gasteiger partial charge in [-0.25, -0.2) is 0 Å². The summed E-state index contributed by atoms with van der Waals surface area (Å²) in [4.78, 5) is 0. The van der Waals surface area contributed by atoms with Crippen molar-refractivity contribution in [3.05, 3.63) is 0 Å². The van der Waals surface area contributed by atoms with Crippen LogP contribution in [0.4, 0.5) is 0 Å². The summed E-state index contributed by atoms with van der Waals surface area (Å²) in [6, 6.07) is 0. The molecule has 4 atom stereocenters. The van der Waals surface area contributed by atoms with Gasteiger partial charge in [-0.05, 0) is 13.8 Å². The Labute approximate surface area is 76.8 Å². The Hall–Kier alpha value is -0.200. The third-order valence-corrected chi connectivity index (χ3v) is 2.39. The zero-order valence-corrected chi connectivity index (χ0v) is 7.77. The van der Waals surface area contributed by atoms with E-state index in [1.54, 1.807) is 13.8 Å². The minimum Gasteiger partial charge on any atom is -0.386 e. The van der Waals surface area contributed by atoms with Crippen LogP contribution in [0.3, 0.4) is 0 Å². The van der Waals surface area contributed by atoms with E-state index in [-0.39, 0.29) is 12.2 Å². The van der Waals surface area contributed by atoms with Crippen LogP contribution in [0.1, 0.15) is 13.8 Å². The summed E-state index contributed by atoms with van der Waals surface area (Å²) in [5, 5.41) is 9.59. The summed E-state index contributed by atoms with van der Waals surface area (Å²) in [6.45, 7) is 4.03. The van der Waals surface area contributed by atoms with Gasteiger partial charge in [0, 0.05) is 0 Å². The summed E-state index contributed by atoms with van der Waals surface area (Å²) in [5.41, 5.74) is 5.52. The molecule has 2 saturated heterocycles. The molecule has 0 amide bonds. The predicted octanol–water partition coefficient (Wildman–Crippen LogP) is -0.818. The Morgan fingerprint density at radius 2 is 2.15 bits per heavy atom. The molecule has 3 N–H and O–H groups in total. The molecule has 5 heteroatoms. The number of aliphatic hydroxyl groups is 1. The van der Waals surface area contributed by atoms with Crippen molar-refractivity contribution in [2.24, 2.45) is 5.73 Å². The molecular formula is C8H15NO4. The number of ether oxygens (including phenoxy) is 3. The maximum absolute atomic E-state index is 9.59. The van der Waals surface area contributed by atoms with Crippen molar-refractivity contribution >= 4 is 0 Å². The highest BCUT2D eigenvalue weighted by Crippen LogP contribution is 2.31. The molecule has 2 aliphatic heterocycles. The standard InChI is InChI=1S/C8H15NO4/c1-8(2)11-3-4-6(13-8)5(10)7(9)12-4/h4-7,10H,3,9H2,1-2H3/t4-,5-,6+,7?/m1/s1. The largest absolute Gasteiger partial charge is 0.386 e. The molecule has 0 aliphatic carbocycles. The fourth-order valence-electron chi connectivity index (χ4n) is 1.69. The van der Waals surface area contributed by atoms with E-state index in [2.05, 4.69) is 0 Å². The Balaban J connectivity index is 2.09. The van der Waals surface area contributed by atoms with E-state index in [4.69, 9.17) is 19.9 Å². The van der Waals surface area contributed by atoms with E-state index in [0.717, 1.165) is 0 Å². The van der Waals surface area contributed by atoms with Crippen LogP contribution in [0.2, 0.25) is 0 Å². The quantitative estimate of drug-likeness (QED) is 0.521. The maximum Gasteiger partial charge on any atom is 0.163 e. The van der Waals surface area contributed by atoms with Crippen molar-refractivity contribution in [2.45, 2.75) is 44.2 Å². The first-order valence-electron chi connectivity index (χ1n) is 4.40. The Bertz CT molecular complexity index is 208. The smallest absolute Gasteiger partial charge is 0.163 e. The van der Waals surface area contributed by atoms with E-state index < -0.39 is 18.1 Å². The molecule has 76 valence electrons. The molecule has 0 aromatic heterocycles. The fraction of sp³-hybridized carbons (Fsp3) is 1.00. The normalized spacial score (nSPS) is 48.9. The highest BCUT2D eigenvalue weighted by molar-refractivity contribution is 4.92. The molecule has 1 unspecified atom stereocenters. The fourth-order valence-corrected chi connectivity index (χ4v) is 1.69. The molecule has 5 nitrogen and oxygen atoms in total. The average molecular weight is 189 g/mol. The second-order valence-electron chi connectivity index (χ2n) is 3.92. The SMILES string of the molecule is CC1(C)OC[C@H]2OC(N)[C@H](O)[C@H]2O1. The summed E-state index contributed by atoms with van der Waals surface area (Å²) in [6.07, 6.45) is -2.02. The second kappa shape index (κ2) is 2.90. The lowest BCUT2D eigenvalue weighted by Gasteiger charge is -2.37. The minimum atomic E-state index is -0.756. The lowest BCUT2D eigenvalue weighted by atomic mass is 10.1. The number of nitrogens with two attached hydrogens (primary N) is 1. The number of fused-ring (bicyclic) bond motifs is 1. The predicted molar refractivity (Wildman–Crippen MR) is 43.8 cm³/mol. The van der Waals surface area contributed by atoms with Gasteiger partial charge < -0.3 is 25.1 Å². The van der Waals surface area contributed by atoms with Gasteiger partial charge >= 0.3 is 0 Å². The molecule has 2 rings (SSSR count). The summed E-state index contributed by atoms with van der Waals surface area (Å²) in [7, 11) is 0. The van der Waals surface area contributed by atoms with Crippen LogP contribution in [-0.4, -0.2) is 42.0 Å². The summed E-state index contributed by atoms with van der Waals surface area (Å²) in [5.74, 6) is -0.657. The maximum atomic E-state index is 9.59. The highest BCUT2D eigenvalue weighted by Gasteiger charge is 2.49. The number of hydrogen-bond donors (Lipinski definition) is 2. The van der Waals surface area contributed by atoms with Crippen molar-refractivity contribution in [1.29, 1.82) is 0 Å². The summed E-state index contributed by atoms with van der Waals surface area (Å²) >= 11 is 0. The van der Waals surface area contributed by atoms with E-state index >= 15 is 0 Å². The van der Waals surface area contributed by atoms with Crippen molar-refractivity contribution in [2.75, 3.05) is 6.61 Å². The molecule has 0 saturated carbocycles. The monoisotopic (exact) mass is 189 g/mol. The van der Waals surface area contributed by atoms with Gasteiger partial charge in [0.15, 0.2) is 5.79 Å². The molecule has 0 bridgehead atoms. The van der Waals surface area contributed by atoms with Gasteiger partial charge in [-0.3, -0.25) is 0 Å². The van der Waals surface area contributed by atoms with Crippen LogP contribution in [0.25, 0.3) is 0 Å². The van der Waals surface area contributed by atoms with Crippen molar-refractivity contribution in [3.8, 4) is 0 Å². The van der Waals surface area contributed by atoms with Crippen LogP contribution < -0.4 is 5.73 Å². The second-order valence-corrected chi connectivity index (χ2v) is 3.92. The molecule has 2 heterocycles. The van der Waals surface area contributed by atoms with E-state index in [1.165, 1.54) is 0 Å². The van der Waals surface area contributed by atoms with Crippen LogP contribution in [0, 0.1) is 0 Å². The zero-order valence-electron chi connectivity index (χ0n) is 7.77. The number of hydrogen-bond acceptors (Lipinski definition) is 5. The molecule has 0 spiro atoms. The molecule has 2 fully saturated rings. The Morgan fingerprint density at radius 3 is 2.85 bits per heavy atom. The third-order valence-electron chi connectivity index (χ3n) is 2.39. The first kappa shape index (κ1) is 9.36. The van der Waals surface area contributed by atoms with Gasteiger partial charge in [0.2, 0.25) is 0 Å².